The van der Waals surface area contributed by atoms with Crippen LogP contribution in [-0.4, -0.2) is 44.5 Å². The first kappa shape index (κ1) is 17.2. The fourth-order valence-electron chi connectivity index (χ4n) is 1.16. The third-order valence-corrected chi connectivity index (χ3v) is 1.84. The van der Waals surface area contributed by atoms with Gasteiger partial charge in [-0.15, -0.1) is 0 Å². The van der Waals surface area contributed by atoms with E-state index in [0.717, 1.165) is 13.2 Å². The Labute approximate surface area is 111 Å². The van der Waals surface area contributed by atoms with Gasteiger partial charge in [0.05, 0.1) is 6.61 Å². The van der Waals surface area contributed by atoms with E-state index in [4.69, 9.17) is 9.47 Å². The molecule has 18 heavy (non-hydrogen) atoms. The Morgan fingerprint density at radius 2 is 1.83 bits per heavy atom. The van der Waals surface area contributed by atoms with Gasteiger partial charge in [-0.2, -0.15) is 0 Å². The highest BCUT2D eigenvalue weighted by Gasteiger charge is 2.15. The average molecular weight is 260 g/mol. The molecule has 0 saturated carbocycles. The second-order valence-electron chi connectivity index (χ2n) is 5.65. The third-order valence-electron chi connectivity index (χ3n) is 1.84. The number of hydrogen-bond donors (Lipinski definition) is 2. The molecule has 0 aliphatic heterocycles. The van der Waals surface area contributed by atoms with E-state index in [1.807, 2.05) is 20.8 Å². The molecule has 0 saturated heterocycles. The maximum atomic E-state index is 11.3. The first-order chi connectivity index (χ1) is 8.31. The number of amides is 1. The summed E-state index contributed by atoms with van der Waals surface area (Å²) in [5, 5.41) is 5.87. The van der Waals surface area contributed by atoms with Crippen molar-refractivity contribution in [2.75, 3.05) is 32.8 Å². The van der Waals surface area contributed by atoms with Crippen molar-refractivity contribution >= 4 is 6.09 Å². The molecule has 0 spiro atoms. The smallest absolute Gasteiger partial charge is 0.407 e. The van der Waals surface area contributed by atoms with Crippen LogP contribution in [0.3, 0.4) is 0 Å². The van der Waals surface area contributed by atoms with Gasteiger partial charge in [0.15, 0.2) is 0 Å². The molecule has 0 aromatic rings. The molecule has 5 nitrogen and oxygen atoms in total. The summed E-state index contributed by atoms with van der Waals surface area (Å²) in [5.74, 6) is 0.568. The van der Waals surface area contributed by atoms with Crippen LogP contribution in [0.25, 0.3) is 0 Å². The van der Waals surface area contributed by atoms with Crippen molar-refractivity contribution in [3.8, 4) is 0 Å². The topological polar surface area (TPSA) is 59.6 Å². The Morgan fingerprint density at radius 1 is 1.17 bits per heavy atom. The van der Waals surface area contributed by atoms with Crippen LogP contribution < -0.4 is 10.6 Å². The second-order valence-corrected chi connectivity index (χ2v) is 5.65. The van der Waals surface area contributed by atoms with E-state index in [-0.39, 0.29) is 6.09 Å². The molecule has 5 heteroatoms. The lowest BCUT2D eigenvalue weighted by Crippen LogP contribution is -2.37. The SMILES string of the molecule is CC(C)COCCNCCNC(=O)OC(C)(C)C. The van der Waals surface area contributed by atoms with Crippen LogP contribution in [0.15, 0.2) is 0 Å². The van der Waals surface area contributed by atoms with Crippen LogP contribution in [0.5, 0.6) is 0 Å². The number of carbonyl (C=O) groups excluding carboxylic acids is 1. The van der Waals surface area contributed by atoms with E-state index < -0.39 is 5.60 Å². The molecule has 0 unspecified atom stereocenters. The number of rotatable bonds is 8. The summed E-state index contributed by atoms with van der Waals surface area (Å²) in [6.07, 6.45) is -0.375. The van der Waals surface area contributed by atoms with Crippen molar-refractivity contribution in [3.05, 3.63) is 0 Å². The predicted molar refractivity (Wildman–Crippen MR) is 72.8 cm³/mol. The fraction of sp³-hybridized carbons (Fsp3) is 0.923. The Kier molecular flexibility index (Phi) is 8.75. The molecule has 2 N–H and O–H groups in total. The maximum Gasteiger partial charge on any atom is 0.407 e. The van der Waals surface area contributed by atoms with E-state index >= 15 is 0 Å². The zero-order chi connectivity index (χ0) is 14.0. The van der Waals surface area contributed by atoms with E-state index in [1.54, 1.807) is 0 Å². The zero-order valence-electron chi connectivity index (χ0n) is 12.3. The Morgan fingerprint density at radius 3 is 2.39 bits per heavy atom. The molecule has 0 atom stereocenters. The molecule has 0 aromatic carbocycles. The summed E-state index contributed by atoms with van der Waals surface area (Å²) in [6, 6.07) is 0. The van der Waals surface area contributed by atoms with E-state index in [1.165, 1.54) is 0 Å². The number of alkyl carbamates (subject to hydrolysis) is 1. The van der Waals surface area contributed by atoms with Gasteiger partial charge in [-0.25, -0.2) is 4.79 Å². The molecule has 0 aliphatic carbocycles. The van der Waals surface area contributed by atoms with Crippen molar-refractivity contribution in [3.63, 3.8) is 0 Å². The molecule has 0 radical (unpaired) electrons. The van der Waals surface area contributed by atoms with Gasteiger partial charge >= 0.3 is 6.09 Å². The fourth-order valence-corrected chi connectivity index (χ4v) is 1.16. The molecule has 108 valence electrons. The first-order valence-electron chi connectivity index (χ1n) is 6.56. The van der Waals surface area contributed by atoms with Crippen LogP contribution in [0.4, 0.5) is 4.79 Å². The van der Waals surface area contributed by atoms with Gasteiger partial charge in [0.1, 0.15) is 5.60 Å². The Balaban J connectivity index is 3.28. The number of carbonyl (C=O) groups is 1. The average Bonchev–Trinajstić information content (AvgIpc) is 2.18. The summed E-state index contributed by atoms with van der Waals surface area (Å²) in [5.41, 5.74) is -0.442. The minimum absolute atomic E-state index is 0.375. The first-order valence-corrected chi connectivity index (χ1v) is 6.56. The number of nitrogens with one attached hydrogen (secondary N) is 2. The molecular formula is C13H28N2O3. The van der Waals surface area contributed by atoms with Crippen molar-refractivity contribution in [1.29, 1.82) is 0 Å². The summed E-state index contributed by atoms with van der Waals surface area (Å²) in [7, 11) is 0. The molecule has 1 amide bonds. The molecule has 0 aliphatic rings. The summed E-state index contributed by atoms with van der Waals surface area (Å²) in [4.78, 5) is 11.3. The van der Waals surface area contributed by atoms with Crippen LogP contribution >= 0.6 is 0 Å². The van der Waals surface area contributed by atoms with Gasteiger partial charge < -0.3 is 20.1 Å². The predicted octanol–water partition coefficient (Wildman–Crippen LogP) is 1.77. The van der Waals surface area contributed by atoms with Crippen LogP contribution in [0.2, 0.25) is 0 Å². The number of hydrogen-bond acceptors (Lipinski definition) is 4. The monoisotopic (exact) mass is 260 g/mol. The highest BCUT2D eigenvalue weighted by Crippen LogP contribution is 2.05. The van der Waals surface area contributed by atoms with Gasteiger partial charge in [0.2, 0.25) is 0 Å². The molecule has 0 fully saturated rings. The van der Waals surface area contributed by atoms with Gasteiger partial charge in [-0.1, -0.05) is 13.8 Å². The van der Waals surface area contributed by atoms with E-state index in [0.29, 0.717) is 25.6 Å². The van der Waals surface area contributed by atoms with Gasteiger partial charge in [0.25, 0.3) is 0 Å². The Hall–Kier alpha value is -0.810. The van der Waals surface area contributed by atoms with Crippen molar-refractivity contribution < 1.29 is 14.3 Å². The highest BCUT2D eigenvalue weighted by atomic mass is 16.6. The molecule has 0 heterocycles. The quantitative estimate of drug-likeness (QED) is 0.653. The van der Waals surface area contributed by atoms with E-state index in [2.05, 4.69) is 24.5 Å². The van der Waals surface area contributed by atoms with Crippen LogP contribution in [0.1, 0.15) is 34.6 Å². The zero-order valence-corrected chi connectivity index (χ0v) is 12.3. The third kappa shape index (κ3) is 13.3. The summed E-state index contributed by atoms with van der Waals surface area (Å²) in [6.45, 7) is 13.3. The Bertz CT molecular complexity index is 225. The van der Waals surface area contributed by atoms with Gasteiger partial charge in [-0.05, 0) is 26.7 Å². The standard InChI is InChI=1S/C13H28N2O3/c1-11(2)10-17-9-8-14-6-7-15-12(16)18-13(3,4)5/h11,14H,6-10H2,1-5H3,(H,15,16). The molecular weight excluding hydrogens is 232 g/mol. The minimum Gasteiger partial charge on any atom is -0.444 e. The maximum absolute atomic E-state index is 11.3. The molecule has 0 aromatic heterocycles. The summed E-state index contributed by atoms with van der Waals surface area (Å²) < 4.78 is 10.5. The van der Waals surface area contributed by atoms with Crippen molar-refractivity contribution in [2.45, 2.75) is 40.2 Å². The van der Waals surface area contributed by atoms with Crippen LogP contribution in [0, 0.1) is 5.92 Å². The van der Waals surface area contributed by atoms with E-state index in [9.17, 15) is 4.79 Å². The minimum atomic E-state index is -0.442. The normalized spacial score (nSPS) is 11.7. The van der Waals surface area contributed by atoms with Gasteiger partial charge in [0, 0.05) is 26.2 Å². The lowest BCUT2D eigenvalue weighted by molar-refractivity contribution is 0.0528. The van der Waals surface area contributed by atoms with Crippen LogP contribution in [-0.2, 0) is 9.47 Å². The van der Waals surface area contributed by atoms with Crippen molar-refractivity contribution in [2.24, 2.45) is 5.92 Å². The molecule has 0 bridgehead atoms. The lowest BCUT2D eigenvalue weighted by atomic mass is 10.2. The highest BCUT2D eigenvalue weighted by molar-refractivity contribution is 5.67. The summed E-state index contributed by atoms with van der Waals surface area (Å²) >= 11 is 0. The second kappa shape index (κ2) is 9.16. The molecule has 0 rings (SSSR count). The number of ether oxygens (including phenoxy) is 2. The van der Waals surface area contributed by atoms with Crippen molar-refractivity contribution in [1.82, 2.24) is 10.6 Å². The van der Waals surface area contributed by atoms with Gasteiger partial charge in [-0.3, -0.25) is 0 Å². The largest absolute Gasteiger partial charge is 0.444 e. The lowest BCUT2D eigenvalue weighted by Gasteiger charge is -2.19.